The second-order valence-corrected chi connectivity index (χ2v) is 9.25. The molecule has 0 aliphatic heterocycles. The first kappa shape index (κ1) is 29.4. The van der Waals surface area contributed by atoms with Crippen molar-refractivity contribution in [2.75, 3.05) is 19.8 Å². The molecule has 2 aromatic carbocycles. The maximum Gasteiger partial charge on any atom is 0.407 e. The Morgan fingerprint density at radius 2 is 1.82 bits per heavy atom. The van der Waals surface area contributed by atoms with Crippen LogP contribution in [0.2, 0.25) is 0 Å². The number of rotatable bonds is 14. The van der Waals surface area contributed by atoms with Crippen molar-refractivity contribution in [3.05, 3.63) is 65.7 Å². The van der Waals surface area contributed by atoms with Crippen LogP contribution >= 0.6 is 0 Å². The minimum atomic E-state index is -0.962. The number of carbonyl (C=O) groups is 4. The number of benzene rings is 2. The van der Waals surface area contributed by atoms with Gasteiger partial charge in [-0.05, 0) is 49.4 Å². The third kappa shape index (κ3) is 9.60. The molecule has 0 bridgehead atoms. The summed E-state index contributed by atoms with van der Waals surface area (Å²) in [4.78, 5) is 49.7. The molecule has 39 heavy (non-hydrogen) atoms. The molecule has 0 unspecified atom stereocenters. The maximum absolute atomic E-state index is 13.1. The Bertz CT molecular complexity index is 1110. The van der Waals surface area contributed by atoms with Crippen molar-refractivity contribution >= 4 is 23.9 Å². The van der Waals surface area contributed by atoms with Crippen LogP contribution < -0.4 is 20.7 Å². The van der Waals surface area contributed by atoms with Crippen molar-refractivity contribution in [1.29, 1.82) is 0 Å². The highest BCUT2D eigenvalue weighted by molar-refractivity contribution is 5.98. The predicted molar refractivity (Wildman–Crippen MR) is 141 cm³/mol. The Hall–Kier alpha value is -4.12. The largest absolute Gasteiger partial charge is 0.491 e. The van der Waals surface area contributed by atoms with Crippen molar-refractivity contribution < 1.29 is 38.9 Å². The van der Waals surface area contributed by atoms with E-state index in [0.717, 1.165) is 5.56 Å². The van der Waals surface area contributed by atoms with Gasteiger partial charge in [0, 0.05) is 18.2 Å². The number of hydrogen-bond acceptors (Lipinski definition) is 7. The van der Waals surface area contributed by atoms with E-state index in [4.69, 9.17) is 14.6 Å². The van der Waals surface area contributed by atoms with Gasteiger partial charge in [0.2, 0.25) is 5.91 Å². The van der Waals surface area contributed by atoms with Crippen LogP contribution in [0.25, 0.3) is 0 Å². The van der Waals surface area contributed by atoms with Crippen molar-refractivity contribution in [2.24, 2.45) is 5.92 Å². The summed E-state index contributed by atoms with van der Waals surface area (Å²) in [6.45, 7) is 0.230. The molecule has 1 aliphatic rings. The number of aliphatic hydroxyl groups excluding tert-OH is 1. The van der Waals surface area contributed by atoms with Gasteiger partial charge in [-0.3, -0.25) is 14.4 Å². The molecule has 3 atom stereocenters. The molecule has 0 aromatic heterocycles. The fourth-order valence-corrected chi connectivity index (χ4v) is 4.38. The molecule has 0 radical (unpaired) electrons. The van der Waals surface area contributed by atoms with E-state index in [2.05, 4.69) is 16.0 Å². The lowest BCUT2D eigenvalue weighted by Gasteiger charge is -2.23. The first-order chi connectivity index (χ1) is 18.9. The fraction of sp³-hybridized carbons (Fsp3) is 0.429. The van der Waals surface area contributed by atoms with E-state index in [0.29, 0.717) is 31.4 Å². The van der Waals surface area contributed by atoms with Gasteiger partial charge in [0.1, 0.15) is 25.0 Å². The molecule has 0 heterocycles. The van der Waals surface area contributed by atoms with E-state index in [1.54, 1.807) is 18.2 Å². The lowest BCUT2D eigenvalue weighted by Crippen LogP contribution is -2.51. The first-order valence-corrected chi connectivity index (χ1v) is 13.0. The van der Waals surface area contributed by atoms with E-state index >= 15 is 0 Å². The van der Waals surface area contributed by atoms with Gasteiger partial charge in [0.05, 0.1) is 12.5 Å². The van der Waals surface area contributed by atoms with Crippen LogP contribution in [-0.2, 0) is 20.9 Å². The van der Waals surface area contributed by atoms with Gasteiger partial charge < -0.3 is 35.6 Å². The maximum atomic E-state index is 13.1. The Kier molecular flexibility index (Phi) is 11.6. The predicted octanol–water partition coefficient (Wildman–Crippen LogP) is 2.23. The van der Waals surface area contributed by atoms with Gasteiger partial charge in [-0.25, -0.2) is 4.79 Å². The van der Waals surface area contributed by atoms with Crippen molar-refractivity contribution in [3.63, 3.8) is 0 Å². The zero-order valence-electron chi connectivity index (χ0n) is 21.6. The van der Waals surface area contributed by atoms with Crippen LogP contribution in [0.3, 0.4) is 0 Å². The standard InChI is InChI=1S/C28H35N3O8/c32-15-16-38-21-10-4-9-20(17-21)25(33)31-24(26(34)30-23-12-5-11-22(23)27(35)36)13-6-14-29-28(37)39-18-19-7-2-1-3-8-19/h1-4,7-10,17,22-24,32H,5-6,11-16,18H2,(H,29,37)(H,30,34)(H,31,33)(H,35,36)/t22-,23+,24+/m1/s1. The minimum Gasteiger partial charge on any atom is -0.491 e. The molecule has 5 N–H and O–H groups in total. The minimum absolute atomic E-state index is 0.0724. The number of hydrogen-bond donors (Lipinski definition) is 5. The first-order valence-electron chi connectivity index (χ1n) is 13.0. The Labute approximate surface area is 226 Å². The summed E-state index contributed by atoms with van der Waals surface area (Å²) >= 11 is 0. The van der Waals surface area contributed by atoms with Crippen LogP contribution in [0.1, 0.15) is 48.0 Å². The molecule has 1 aliphatic carbocycles. The molecule has 11 nitrogen and oxygen atoms in total. The number of nitrogens with one attached hydrogen (secondary N) is 3. The summed E-state index contributed by atoms with van der Waals surface area (Å²) in [5, 5.41) is 26.6. The summed E-state index contributed by atoms with van der Waals surface area (Å²) in [5.41, 5.74) is 1.11. The second kappa shape index (κ2) is 15.3. The summed E-state index contributed by atoms with van der Waals surface area (Å²) in [6, 6.07) is 14.1. The Balaban J connectivity index is 1.57. The average Bonchev–Trinajstić information content (AvgIpc) is 3.41. The number of alkyl carbamates (subject to hydrolysis) is 1. The van der Waals surface area contributed by atoms with Crippen LogP contribution in [0.5, 0.6) is 5.75 Å². The molecule has 3 rings (SSSR count). The van der Waals surface area contributed by atoms with Crippen molar-refractivity contribution in [1.82, 2.24) is 16.0 Å². The number of amides is 3. The average molecular weight is 542 g/mol. The SMILES string of the molecule is O=C(NCCC[C@H](NC(=O)c1cccc(OCCO)c1)C(=O)N[C@H]1CCC[C@H]1C(=O)O)OCc1ccccc1. The Morgan fingerprint density at radius 3 is 2.56 bits per heavy atom. The number of carboxylic acids is 1. The van der Waals surface area contributed by atoms with Gasteiger partial charge in [-0.1, -0.05) is 42.8 Å². The monoisotopic (exact) mass is 541 g/mol. The molecule has 1 saturated carbocycles. The normalized spacial score (nSPS) is 17.1. The van der Waals surface area contributed by atoms with E-state index in [1.165, 1.54) is 6.07 Å². The molecule has 2 aromatic rings. The lowest BCUT2D eigenvalue weighted by atomic mass is 10.0. The summed E-state index contributed by atoms with van der Waals surface area (Å²) in [5.74, 6) is -2.24. The summed E-state index contributed by atoms with van der Waals surface area (Å²) < 4.78 is 10.5. The van der Waals surface area contributed by atoms with Crippen molar-refractivity contribution in [2.45, 2.75) is 50.8 Å². The number of carboxylic acid groups (broad SMARTS) is 1. The van der Waals surface area contributed by atoms with Gasteiger partial charge in [-0.2, -0.15) is 0 Å². The molecule has 0 spiro atoms. The molecule has 210 valence electrons. The third-order valence-corrected chi connectivity index (χ3v) is 6.39. The number of aliphatic hydroxyl groups is 1. The number of aliphatic carboxylic acids is 1. The van der Waals surface area contributed by atoms with E-state index in [-0.39, 0.29) is 38.3 Å². The smallest absolute Gasteiger partial charge is 0.407 e. The molecule has 3 amide bonds. The zero-order chi connectivity index (χ0) is 28.0. The summed E-state index contributed by atoms with van der Waals surface area (Å²) in [6.07, 6.45) is 1.66. The number of carbonyl (C=O) groups excluding carboxylic acids is 3. The van der Waals surface area contributed by atoms with Crippen LogP contribution in [0.4, 0.5) is 4.79 Å². The third-order valence-electron chi connectivity index (χ3n) is 6.39. The summed E-state index contributed by atoms with van der Waals surface area (Å²) in [7, 11) is 0. The van der Waals surface area contributed by atoms with E-state index < -0.39 is 41.9 Å². The second-order valence-electron chi connectivity index (χ2n) is 9.25. The molecular formula is C28H35N3O8. The van der Waals surface area contributed by atoms with Crippen LogP contribution in [-0.4, -0.2) is 65.9 Å². The number of ether oxygens (including phenoxy) is 2. The quantitative estimate of drug-likeness (QED) is 0.227. The van der Waals surface area contributed by atoms with Gasteiger partial charge in [0.25, 0.3) is 5.91 Å². The van der Waals surface area contributed by atoms with Crippen molar-refractivity contribution in [3.8, 4) is 5.75 Å². The molecule has 11 heteroatoms. The fourth-order valence-electron chi connectivity index (χ4n) is 4.38. The molecular weight excluding hydrogens is 506 g/mol. The highest BCUT2D eigenvalue weighted by Crippen LogP contribution is 2.26. The van der Waals surface area contributed by atoms with Crippen LogP contribution in [0, 0.1) is 5.92 Å². The molecule has 0 saturated heterocycles. The molecule has 1 fully saturated rings. The highest BCUT2D eigenvalue weighted by atomic mass is 16.5. The van der Waals surface area contributed by atoms with Gasteiger partial charge in [-0.15, -0.1) is 0 Å². The van der Waals surface area contributed by atoms with Gasteiger partial charge >= 0.3 is 12.1 Å². The van der Waals surface area contributed by atoms with E-state index in [9.17, 15) is 24.3 Å². The zero-order valence-corrected chi connectivity index (χ0v) is 21.6. The lowest BCUT2D eigenvalue weighted by molar-refractivity contribution is -0.142. The van der Waals surface area contributed by atoms with Gasteiger partial charge in [0.15, 0.2) is 0 Å². The van der Waals surface area contributed by atoms with E-state index in [1.807, 2.05) is 30.3 Å². The Morgan fingerprint density at radius 1 is 1.03 bits per heavy atom. The van der Waals surface area contributed by atoms with Crippen LogP contribution in [0.15, 0.2) is 54.6 Å². The highest BCUT2D eigenvalue weighted by Gasteiger charge is 2.35. The topological polar surface area (TPSA) is 163 Å².